The Labute approximate surface area is 136 Å². The number of carbonyl (C=O) groups excluding carboxylic acids is 1. The van der Waals surface area contributed by atoms with Crippen LogP contribution < -0.4 is 10.1 Å². The Bertz CT molecular complexity index is 584. The van der Waals surface area contributed by atoms with E-state index in [4.69, 9.17) is 4.74 Å². The summed E-state index contributed by atoms with van der Waals surface area (Å²) in [6.45, 7) is 4.46. The third kappa shape index (κ3) is 5.45. The van der Waals surface area contributed by atoms with Gasteiger partial charge in [-0.25, -0.2) is 0 Å². The maximum atomic E-state index is 12.0. The standard InChI is InChI=1S/C18H21NO2S/c1-14-8-10-17(11-9-14)22-13-12-19-18(20)15(2)21-16-6-4-3-5-7-16/h3-11,15H,12-13H2,1-2H3,(H,19,20)/t15-/m0/s1. The second kappa shape index (κ2) is 8.49. The molecule has 0 heterocycles. The van der Waals surface area contributed by atoms with Gasteiger partial charge in [0, 0.05) is 17.2 Å². The zero-order valence-electron chi connectivity index (χ0n) is 12.9. The Kier molecular flexibility index (Phi) is 6.34. The molecule has 1 atom stereocenters. The quantitative estimate of drug-likeness (QED) is 0.626. The van der Waals surface area contributed by atoms with Crippen molar-refractivity contribution in [2.45, 2.75) is 24.8 Å². The largest absolute Gasteiger partial charge is 0.481 e. The fraction of sp³-hybridized carbons (Fsp3) is 0.278. The van der Waals surface area contributed by atoms with Gasteiger partial charge < -0.3 is 10.1 Å². The number of rotatable bonds is 7. The molecule has 0 radical (unpaired) electrons. The van der Waals surface area contributed by atoms with E-state index in [1.54, 1.807) is 18.7 Å². The van der Waals surface area contributed by atoms with Crippen LogP contribution in [-0.2, 0) is 4.79 Å². The summed E-state index contributed by atoms with van der Waals surface area (Å²) in [5, 5.41) is 2.90. The summed E-state index contributed by atoms with van der Waals surface area (Å²) >= 11 is 1.73. The smallest absolute Gasteiger partial charge is 0.260 e. The summed E-state index contributed by atoms with van der Waals surface area (Å²) in [7, 11) is 0. The minimum atomic E-state index is -0.494. The summed E-state index contributed by atoms with van der Waals surface area (Å²) in [4.78, 5) is 13.2. The zero-order chi connectivity index (χ0) is 15.8. The minimum absolute atomic E-state index is 0.0895. The highest BCUT2D eigenvalue weighted by atomic mass is 32.2. The van der Waals surface area contributed by atoms with Crippen molar-refractivity contribution in [2.24, 2.45) is 0 Å². The van der Waals surface area contributed by atoms with Crippen molar-refractivity contribution in [3.8, 4) is 5.75 Å². The third-order valence-electron chi connectivity index (χ3n) is 3.12. The number of amides is 1. The Balaban J connectivity index is 1.67. The lowest BCUT2D eigenvalue weighted by Crippen LogP contribution is -2.37. The molecule has 2 aromatic rings. The van der Waals surface area contributed by atoms with E-state index in [1.807, 2.05) is 30.3 Å². The normalized spacial score (nSPS) is 11.7. The van der Waals surface area contributed by atoms with Crippen LogP contribution in [-0.4, -0.2) is 24.3 Å². The third-order valence-corrected chi connectivity index (χ3v) is 4.13. The Morgan fingerprint density at radius 1 is 1.14 bits per heavy atom. The van der Waals surface area contributed by atoms with Crippen LogP contribution in [0, 0.1) is 6.92 Å². The highest BCUT2D eigenvalue weighted by Gasteiger charge is 2.13. The van der Waals surface area contributed by atoms with E-state index in [0.29, 0.717) is 12.3 Å². The van der Waals surface area contributed by atoms with E-state index >= 15 is 0 Å². The fourth-order valence-electron chi connectivity index (χ4n) is 1.88. The molecule has 4 heteroatoms. The summed E-state index contributed by atoms with van der Waals surface area (Å²) in [5.74, 6) is 1.46. The molecule has 0 aromatic heterocycles. The van der Waals surface area contributed by atoms with Gasteiger partial charge in [-0.05, 0) is 38.1 Å². The monoisotopic (exact) mass is 315 g/mol. The molecular formula is C18H21NO2S. The van der Waals surface area contributed by atoms with E-state index in [0.717, 1.165) is 5.75 Å². The van der Waals surface area contributed by atoms with Crippen molar-refractivity contribution in [3.05, 3.63) is 60.2 Å². The summed E-state index contributed by atoms with van der Waals surface area (Å²) in [6.07, 6.45) is -0.494. The van der Waals surface area contributed by atoms with Gasteiger partial charge in [-0.2, -0.15) is 0 Å². The van der Waals surface area contributed by atoms with Gasteiger partial charge in [0.15, 0.2) is 6.10 Å². The Morgan fingerprint density at radius 3 is 2.50 bits per heavy atom. The number of ether oxygens (including phenoxy) is 1. The molecule has 3 nitrogen and oxygen atoms in total. The first-order valence-electron chi connectivity index (χ1n) is 7.34. The fourth-order valence-corrected chi connectivity index (χ4v) is 2.65. The number of benzene rings is 2. The molecule has 2 aromatic carbocycles. The van der Waals surface area contributed by atoms with Crippen LogP contribution in [0.1, 0.15) is 12.5 Å². The van der Waals surface area contributed by atoms with Gasteiger partial charge in [-0.15, -0.1) is 11.8 Å². The highest BCUT2D eigenvalue weighted by molar-refractivity contribution is 7.99. The van der Waals surface area contributed by atoms with Gasteiger partial charge in [0.25, 0.3) is 5.91 Å². The van der Waals surface area contributed by atoms with Crippen molar-refractivity contribution in [2.75, 3.05) is 12.3 Å². The molecule has 0 spiro atoms. The van der Waals surface area contributed by atoms with Crippen molar-refractivity contribution in [1.29, 1.82) is 0 Å². The van der Waals surface area contributed by atoms with Gasteiger partial charge in [0.1, 0.15) is 5.75 Å². The van der Waals surface area contributed by atoms with Crippen LogP contribution in [0.4, 0.5) is 0 Å². The molecule has 1 N–H and O–H groups in total. The van der Waals surface area contributed by atoms with E-state index in [1.165, 1.54) is 10.5 Å². The van der Waals surface area contributed by atoms with Gasteiger partial charge in [-0.3, -0.25) is 4.79 Å². The molecule has 0 bridgehead atoms. The summed E-state index contributed by atoms with van der Waals surface area (Å²) in [6, 6.07) is 17.8. The molecule has 0 aliphatic heterocycles. The molecular weight excluding hydrogens is 294 g/mol. The first-order chi connectivity index (χ1) is 10.6. The SMILES string of the molecule is Cc1ccc(SCCNC(=O)[C@H](C)Oc2ccccc2)cc1. The van der Waals surface area contributed by atoms with Crippen LogP contribution in [0.5, 0.6) is 5.75 Å². The van der Waals surface area contributed by atoms with Crippen molar-refractivity contribution < 1.29 is 9.53 Å². The topological polar surface area (TPSA) is 38.3 Å². The highest BCUT2D eigenvalue weighted by Crippen LogP contribution is 2.17. The van der Waals surface area contributed by atoms with Gasteiger partial charge >= 0.3 is 0 Å². The lowest BCUT2D eigenvalue weighted by Gasteiger charge is -2.14. The number of aryl methyl sites for hydroxylation is 1. The number of hydrogen-bond acceptors (Lipinski definition) is 3. The first-order valence-corrected chi connectivity index (χ1v) is 8.32. The summed E-state index contributed by atoms with van der Waals surface area (Å²) < 4.78 is 5.59. The molecule has 0 saturated carbocycles. The predicted octanol–water partition coefficient (Wildman–Crippen LogP) is 3.67. The van der Waals surface area contributed by atoms with Gasteiger partial charge in [0.2, 0.25) is 0 Å². The Hall–Kier alpha value is -1.94. The average Bonchev–Trinajstić information content (AvgIpc) is 2.54. The van der Waals surface area contributed by atoms with Crippen molar-refractivity contribution in [1.82, 2.24) is 5.32 Å². The summed E-state index contributed by atoms with van der Waals surface area (Å²) in [5.41, 5.74) is 1.25. The van der Waals surface area contributed by atoms with Crippen LogP contribution in [0.2, 0.25) is 0 Å². The first kappa shape index (κ1) is 16.4. The number of hydrogen-bond donors (Lipinski definition) is 1. The molecule has 116 valence electrons. The Morgan fingerprint density at radius 2 is 1.82 bits per heavy atom. The molecule has 0 fully saturated rings. The molecule has 2 rings (SSSR count). The van der Waals surface area contributed by atoms with E-state index in [-0.39, 0.29) is 5.91 Å². The number of thioether (sulfide) groups is 1. The number of para-hydroxylation sites is 1. The maximum Gasteiger partial charge on any atom is 0.260 e. The van der Waals surface area contributed by atoms with Crippen LogP contribution >= 0.6 is 11.8 Å². The zero-order valence-corrected chi connectivity index (χ0v) is 13.7. The molecule has 0 saturated heterocycles. The number of carbonyl (C=O) groups is 1. The molecule has 0 unspecified atom stereocenters. The van der Waals surface area contributed by atoms with Gasteiger partial charge in [0.05, 0.1) is 0 Å². The minimum Gasteiger partial charge on any atom is -0.481 e. The molecule has 0 aliphatic carbocycles. The predicted molar refractivity (Wildman–Crippen MR) is 91.4 cm³/mol. The van der Waals surface area contributed by atoms with Crippen LogP contribution in [0.25, 0.3) is 0 Å². The van der Waals surface area contributed by atoms with Crippen LogP contribution in [0.15, 0.2) is 59.5 Å². The lowest BCUT2D eigenvalue weighted by molar-refractivity contribution is -0.127. The average molecular weight is 315 g/mol. The van der Waals surface area contributed by atoms with E-state index < -0.39 is 6.10 Å². The van der Waals surface area contributed by atoms with Crippen molar-refractivity contribution in [3.63, 3.8) is 0 Å². The second-order valence-electron chi connectivity index (χ2n) is 5.03. The number of nitrogens with one attached hydrogen (secondary N) is 1. The van der Waals surface area contributed by atoms with E-state index in [2.05, 4.69) is 36.5 Å². The maximum absolute atomic E-state index is 12.0. The molecule has 1 amide bonds. The van der Waals surface area contributed by atoms with Gasteiger partial charge in [-0.1, -0.05) is 35.9 Å². The molecule has 0 aliphatic rings. The van der Waals surface area contributed by atoms with Crippen molar-refractivity contribution >= 4 is 17.7 Å². The molecule has 22 heavy (non-hydrogen) atoms. The second-order valence-corrected chi connectivity index (χ2v) is 6.19. The van der Waals surface area contributed by atoms with E-state index in [9.17, 15) is 4.79 Å². The van der Waals surface area contributed by atoms with Crippen LogP contribution in [0.3, 0.4) is 0 Å². The lowest BCUT2D eigenvalue weighted by atomic mass is 10.2.